The first kappa shape index (κ1) is 26.8. The third-order valence-corrected chi connectivity index (χ3v) is 5.83. The molecule has 0 aliphatic rings. The van der Waals surface area contributed by atoms with Crippen molar-refractivity contribution >= 4 is 21.7 Å². The summed E-state index contributed by atoms with van der Waals surface area (Å²) in [5.41, 5.74) is 6.65. The lowest BCUT2D eigenvalue weighted by molar-refractivity contribution is -0.122. The zero-order chi connectivity index (χ0) is 25.3. The predicted molar refractivity (Wildman–Crippen MR) is 124 cm³/mol. The van der Waals surface area contributed by atoms with Crippen molar-refractivity contribution in [2.45, 2.75) is 25.8 Å². The van der Waals surface area contributed by atoms with Crippen LogP contribution in [0.15, 0.2) is 48.5 Å². The predicted octanol–water partition coefficient (Wildman–Crippen LogP) is 2.38. The largest absolute Gasteiger partial charge is 0.494 e. The molecule has 10 heteroatoms. The Labute approximate surface area is 197 Å². The molecule has 0 saturated heterocycles. The first-order valence-corrected chi connectivity index (χ1v) is 12.4. The maximum Gasteiger partial charge on any atom is 0.251 e. The van der Waals surface area contributed by atoms with E-state index in [1.54, 1.807) is 36.4 Å². The summed E-state index contributed by atoms with van der Waals surface area (Å²) in [6, 6.07) is 11.6. The molecule has 0 aromatic heterocycles. The summed E-state index contributed by atoms with van der Waals surface area (Å²) in [6.07, 6.45) is -1.22. The smallest absolute Gasteiger partial charge is 0.251 e. The Balaban J connectivity index is 1.95. The standard InChI is InChI=1S/C24H26F2N2O5S/c1-16(22(25)26)21(23(27)29)28-24(30)19-10-6-17(7-11-19)4-5-18-8-12-20(13-9-18)33-14-3-15-34(2,31)32/h6-13,16,21-22H,3,14-15H2,1-2H3,(H2,27,29)(H,28,30). The van der Waals surface area contributed by atoms with Crippen molar-refractivity contribution in [2.75, 3.05) is 18.6 Å². The number of rotatable bonds is 10. The first-order valence-electron chi connectivity index (χ1n) is 10.4. The molecule has 0 aliphatic heterocycles. The van der Waals surface area contributed by atoms with Gasteiger partial charge in [0.1, 0.15) is 21.6 Å². The van der Waals surface area contributed by atoms with Crippen molar-refractivity contribution in [2.24, 2.45) is 11.7 Å². The molecule has 0 aliphatic carbocycles. The van der Waals surface area contributed by atoms with Gasteiger partial charge in [0.25, 0.3) is 5.91 Å². The van der Waals surface area contributed by atoms with E-state index >= 15 is 0 Å². The molecule has 34 heavy (non-hydrogen) atoms. The summed E-state index contributed by atoms with van der Waals surface area (Å²) in [6.45, 7) is 1.43. The zero-order valence-electron chi connectivity index (χ0n) is 18.8. The number of hydrogen-bond donors (Lipinski definition) is 2. The Kier molecular flexibility index (Phi) is 9.57. The molecule has 0 bridgehead atoms. The SMILES string of the molecule is CC(C(F)F)C(NC(=O)c1ccc(C#Cc2ccc(OCCCS(C)(=O)=O)cc2)cc1)C(N)=O. The highest BCUT2D eigenvalue weighted by molar-refractivity contribution is 7.90. The van der Waals surface area contributed by atoms with Crippen LogP contribution in [0.5, 0.6) is 5.75 Å². The second kappa shape index (κ2) is 12.1. The number of hydrogen-bond acceptors (Lipinski definition) is 5. The summed E-state index contributed by atoms with van der Waals surface area (Å²) < 4.78 is 53.5. The Morgan fingerprint density at radius 1 is 1.03 bits per heavy atom. The second-order valence-electron chi connectivity index (χ2n) is 7.73. The number of nitrogens with one attached hydrogen (secondary N) is 1. The minimum absolute atomic E-state index is 0.0670. The van der Waals surface area contributed by atoms with Crippen molar-refractivity contribution in [1.82, 2.24) is 5.32 Å². The van der Waals surface area contributed by atoms with E-state index in [-0.39, 0.29) is 11.3 Å². The number of halogens is 2. The molecule has 2 aromatic rings. The van der Waals surface area contributed by atoms with E-state index in [2.05, 4.69) is 17.2 Å². The molecule has 182 valence electrons. The van der Waals surface area contributed by atoms with Crippen molar-refractivity contribution in [3.05, 3.63) is 65.2 Å². The van der Waals surface area contributed by atoms with E-state index < -0.39 is 40.0 Å². The van der Waals surface area contributed by atoms with Crippen LogP contribution in [-0.4, -0.2) is 51.3 Å². The van der Waals surface area contributed by atoms with Crippen molar-refractivity contribution in [3.63, 3.8) is 0 Å². The van der Waals surface area contributed by atoms with E-state index in [0.717, 1.165) is 12.5 Å². The lowest BCUT2D eigenvalue weighted by atomic mass is 10.0. The fourth-order valence-corrected chi connectivity index (χ4v) is 3.47. The van der Waals surface area contributed by atoms with Crippen LogP contribution in [-0.2, 0) is 14.6 Å². The van der Waals surface area contributed by atoms with Crippen LogP contribution in [0.1, 0.15) is 34.8 Å². The van der Waals surface area contributed by atoms with E-state index in [4.69, 9.17) is 10.5 Å². The Hall–Kier alpha value is -3.45. The number of benzene rings is 2. The molecule has 0 saturated carbocycles. The van der Waals surface area contributed by atoms with Crippen LogP contribution in [0.2, 0.25) is 0 Å². The molecule has 2 aromatic carbocycles. The topological polar surface area (TPSA) is 116 Å². The van der Waals surface area contributed by atoms with Crippen molar-refractivity contribution in [3.8, 4) is 17.6 Å². The molecule has 0 radical (unpaired) electrons. The first-order chi connectivity index (χ1) is 16.0. The number of amides is 2. The van der Waals surface area contributed by atoms with Gasteiger partial charge in [-0.25, -0.2) is 17.2 Å². The fraction of sp³-hybridized carbons (Fsp3) is 0.333. The van der Waals surface area contributed by atoms with Gasteiger partial charge in [-0.1, -0.05) is 18.8 Å². The van der Waals surface area contributed by atoms with Gasteiger partial charge in [0.2, 0.25) is 12.3 Å². The Bertz CT molecular complexity index is 1150. The molecule has 2 unspecified atom stereocenters. The molecule has 2 rings (SSSR count). The number of primary amides is 1. The van der Waals surface area contributed by atoms with E-state index in [9.17, 15) is 26.8 Å². The van der Waals surface area contributed by atoms with Crippen LogP contribution in [0.3, 0.4) is 0 Å². The minimum atomic E-state index is -3.01. The molecule has 2 atom stereocenters. The van der Waals surface area contributed by atoms with Gasteiger partial charge in [0.05, 0.1) is 12.4 Å². The molecule has 0 spiro atoms. The highest BCUT2D eigenvalue weighted by Crippen LogP contribution is 2.15. The van der Waals surface area contributed by atoms with Gasteiger partial charge in [-0.2, -0.15) is 0 Å². The van der Waals surface area contributed by atoms with Gasteiger partial charge in [0, 0.05) is 28.9 Å². The Morgan fingerprint density at radius 2 is 1.56 bits per heavy atom. The summed E-state index contributed by atoms with van der Waals surface area (Å²) in [5, 5.41) is 2.25. The third kappa shape index (κ3) is 8.83. The van der Waals surface area contributed by atoms with Gasteiger partial charge >= 0.3 is 0 Å². The third-order valence-electron chi connectivity index (χ3n) is 4.80. The van der Waals surface area contributed by atoms with Gasteiger partial charge < -0.3 is 15.8 Å². The van der Waals surface area contributed by atoms with Crippen molar-refractivity contribution < 1.29 is 31.5 Å². The molecule has 0 fully saturated rings. The number of ether oxygens (including phenoxy) is 1. The molecular formula is C24H26F2N2O5S. The maximum atomic E-state index is 12.9. The number of nitrogens with two attached hydrogens (primary N) is 1. The van der Waals surface area contributed by atoms with Crippen LogP contribution < -0.4 is 15.8 Å². The Morgan fingerprint density at radius 3 is 2.03 bits per heavy atom. The average molecular weight is 493 g/mol. The lowest BCUT2D eigenvalue weighted by Crippen LogP contribution is -2.50. The normalized spacial score (nSPS) is 12.9. The van der Waals surface area contributed by atoms with Gasteiger partial charge in [-0.15, -0.1) is 0 Å². The molecule has 0 heterocycles. The summed E-state index contributed by atoms with van der Waals surface area (Å²) in [4.78, 5) is 23.7. The minimum Gasteiger partial charge on any atom is -0.494 e. The van der Waals surface area contributed by atoms with Gasteiger partial charge in [-0.3, -0.25) is 9.59 Å². The van der Waals surface area contributed by atoms with Crippen LogP contribution in [0.25, 0.3) is 0 Å². The van der Waals surface area contributed by atoms with Crippen LogP contribution in [0.4, 0.5) is 8.78 Å². The zero-order valence-corrected chi connectivity index (χ0v) is 19.6. The van der Waals surface area contributed by atoms with Gasteiger partial charge in [0.15, 0.2) is 0 Å². The highest BCUT2D eigenvalue weighted by atomic mass is 32.2. The van der Waals surface area contributed by atoms with E-state index in [1.165, 1.54) is 18.4 Å². The van der Waals surface area contributed by atoms with Crippen LogP contribution >= 0.6 is 0 Å². The average Bonchev–Trinajstić information content (AvgIpc) is 2.78. The number of alkyl halides is 2. The quantitative estimate of drug-likeness (QED) is 0.390. The molecule has 7 nitrogen and oxygen atoms in total. The summed E-state index contributed by atoms with van der Waals surface area (Å²) in [5.74, 6) is 3.44. The van der Waals surface area contributed by atoms with E-state index in [1.807, 2.05) is 0 Å². The highest BCUT2D eigenvalue weighted by Gasteiger charge is 2.31. The molecule has 3 N–H and O–H groups in total. The number of carbonyl (C=O) groups excluding carboxylic acids is 2. The fourth-order valence-electron chi connectivity index (χ4n) is 2.83. The second-order valence-corrected chi connectivity index (χ2v) is 9.99. The number of sulfone groups is 1. The molecular weight excluding hydrogens is 466 g/mol. The van der Waals surface area contributed by atoms with Gasteiger partial charge in [-0.05, 0) is 55.0 Å². The summed E-state index contributed by atoms with van der Waals surface area (Å²) >= 11 is 0. The molecule has 2 amide bonds. The van der Waals surface area contributed by atoms with Crippen molar-refractivity contribution in [1.29, 1.82) is 0 Å². The lowest BCUT2D eigenvalue weighted by Gasteiger charge is -2.21. The summed E-state index contributed by atoms with van der Waals surface area (Å²) in [7, 11) is -3.01. The monoisotopic (exact) mass is 492 g/mol. The number of carbonyl (C=O) groups is 2. The maximum absolute atomic E-state index is 12.9. The van der Waals surface area contributed by atoms with Crippen LogP contribution in [0, 0.1) is 17.8 Å². The van der Waals surface area contributed by atoms with E-state index in [0.29, 0.717) is 24.3 Å².